The number of hydrogen-bond donors (Lipinski definition) is 2. The molecule has 7 nitrogen and oxygen atoms in total. The lowest BCUT2D eigenvalue weighted by Gasteiger charge is -2.24. The summed E-state index contributed by atoms with van der Waals surface area (Å²) >= 11 is 1.54. The molecule has 2 aromatic carbocycles. The molecule has 1 saturated heterocycles. The van der Waals surface area contributed by atoms with Crippen molar-refractivity contribution in [2.24, 2.45) is 0 Å². The zero-order chi connectivity index (χ0) is 23.3. The normalized spacial score (nSPS) is 17.4. The molecule has 2 aliphatic rings. The average Bonchev–Trinajstić information content (AvgIpc) is 3.35. The van der Waals surface area contributed by atoms with Crippen LogP contribution in [0.25, 0.3) is 11.3 Å². The van der Waals surface area contributed by atoms with Gasteiger partial charge in [0.15, 0.2) is 5.13 Å². The number of carbonyl (C=O) groups excluding carboxylic acids is 2. The van der Waals surface area contributed by atoms with Gasteiger partial charge >= 0.3 is 6.09 Å². The number of rotatable bonds is 8. The summed E-state index contributed by atoms with van der Waals surface area (Å²) in [4.78, 5) is 31.3. The number of carbonyl (C=O) groups is 2. The minimum Gasteiger partial charge on any atom is -0.445 e. The van der Waals surface area contributed by atoms with Crippen LogP contribution in [0.4, 0.5) is 9.93 Å². The third-order valence-electron chi connectivity index (χ3n) is 6.17. The van der Waals surface area contributed by atoms with Gasteiger partial charge in [-0.25, -0.2) is 9.78 Å². The third-order valence-corrected chi connectivity index (χ3v) is 6.97. The molecule has 1 aliphatic carbocycles. The summed E-state index contributed by atoms with van der Waals surface area (Å²) in [5, 5.41) is 9.21. The number of anilines is 1. The van der Waals surface area contributed by atoms with Crippen molar-refractivity contribution in [1.29, 1.82) is 0 Å². The topological polar surface area (TPSA) is 83.6 Å². The van der Waals surface area contributed by atoms with Crippen LogP contribution >= 0.6 is 11.3 Å². The van der Waals surface area contributed by atoms with Gasteiger partial charge in [-0.1, -0.05) is 42.5 Å². The molecular formula is C26H28N4O3S. The zero-order valence-electron chi connectivity index (χ0n) is 18.9. The fourth-order valence-electron chi connectivity index (χ4n) is 4.07. The summed E-state index contributed by atoms with van der Waals surface area (Å²) in [5.74, 6) is -0.0157. The van der Waals surface area contributed by atoms with E-state index < -0.39 is 0 Å². The van der Waals surface area contributed by atoms with Gasteiger partial charge in [-0.2, -0.15) is 0 Å². The monoisotopic (exact) mass is 476 g/mol. The first-order valence-corrected chi connectivity index (χ1v) is 12.6. The Balaban J connectivity index is 1.13. The highest BCUT2D eigenvalue weighted by molar-refractivity contribution is 7.14. The van der Waals surface area contributed by atoms with Crippen LogP contribution in [-0.2, 0) is 11.3 Å². The first-order valence-electron chi connectivity index (χ1n) is 11.7. The molecule has 34 heavy (non-hydrogen) atoms. The fraction of sp³-hybridized carbons (Fsp3) is 0.346. The molecule has 1 atom stereocenters. The third kappa shape index (κ3) is 5.56. The second kappa shape index (κ2) is 10.3. The average molecular weight is 477 g/mol. The van der Waals surface area contributed by atoms with Crippen molar-refractivity contribution in [3.05, 3.63) is 71.1 Å². The quantitative estimate of drug-likeness (QED) is 0.482. The Hall–Kier alpha value is -3.39. The summed E-state index contributed by atoms with van der Waals surface area (Å²) in [5.41, 5.74) is 3.49. The molecule has 3 aromatic rings. The van der Waals surface area contributed by atoms with Crippen LogP contribution in [0.1, 0.15) is 41.6 Å². The van der Waals surface area contributed by atoms with E-state index in [0.29, 0.717) is 24.7 Å². The van der Waals surface area contributed by atoms with Gasteiger partial charge in [0.25, 0.3) is 5.91 Å². The Bertz CT molecular complexity index is 1130. The molecule has 1 aromatic heterocycles. The van der Waals surface area contributed by atoms with E-state index in [1.807, 2.05) is 64.9 Å². The Morgan fingerprint density at radius 1 is 1.06 bits per heavy atom. The number of benzene rings is 2. The molecule has 1 unspecified atom stereocenters. The first kappa shape index (κ1) is 22.4. The Morgan fingerprint density at radius 3 is 2.62 bits per heavy atom. The summed E-state index contributed by atoms with van der Waals surface area (Å²) in [6.07, 6.45) is 3.79. The highest BCUT2D eigenvalue weighted by Crippen LogP contribution is 2.27. The molecule has 5 rings (SSSR count). The maximum atomic E-state index is 12.6. The van der Waals surface area contributed by atoms with E-state index in [2.05, 4.69) is 10.6 Å². The van der Waals surface area contributed by atoms with Gasteiger partial charge < -0.3 is 20.3 Å². The maximum Gasteiger partial charge on any atom is 0.410 e. The van der Waals surface area contributed by atoms with Crippen molar-refractivity contribution in [2.75, 3.05) is 18.4 Å². The summed E-state index contributed by atoms with van der Waals surface area (Å²) < 4.78 is 5.52. The Morgan fingerprint density at radius 2 is 1.85 bits per heavy atom. The van der Waals surface area contributed by atoms with E-state index in [0.717, 1.165) is 47.6 Å². The highest BCUT2D eigenvalue weighted by atomic mass is 32.1. The standard InChI is InChI=1S/C26H28N4O3S/c31-24(28-21-12-13-21)20-10-8-19(9-11-20)23-17-34-25(29-23)27-15-22-7-4-14-30(22)26(32)33-16-18-5-2-1-3-6-18/h1-3,5-6,8-11,17,21-22H,4,7,12-16H2,(H,27,29)(H,28,31). The largest absolute Gasteiger partial charge is 0.445 e. The van der Waals surface area contributed by atoms with Crippen molar-refractivity contribution in [2.45, 2.75) is 44.4 Å². The van der Waals surface area contributed by atoms with Gasteiger partial charge in [-0.05, 0) is 43.4 Å². The number of hydrogen-bond acceptors (Lipinski definition) is 6. The van der Waals surface area contributed by atoms with Crippen molar-refractivity contribution in [1.82, 2.24) is 15.2 Å². The molecule has 1 saturated carbocycles. The molecule has 0 spiro atoms. The van der Waals surface area contributed by atoms with Crippen molar-refractivity contribution < 1.29 is 14.3 Å². The predicted octanol–water partition coefficient (Wildman–Crippen LogP) is 4.92. The molecule has 8 heteroatoms. The zero-order valence-corrected chi connectivity index (χ0v) is 19.7. The lowest BCUT2D eigenvalue weighted by Crippen LogP contribution is -2.39. The smallest absolute Gasteiger partial charge is 0.410 e. The van der Waals surface area contributed by atoms with Crippen LogP contribution in [-0.4, -0.2) is 47.1 Å². The molecular weight excluding hydrogens is 448 g/mol. The van der Waals surface area contributed by atoms with E-state index in [1.165, 1.54) is 11.3 Å². The van der Waals surface area contributed by atoms with Crippen LogP contribution < -0.4 is 10.6 Å². The van der Waals surface area contributed by atoms with Crippen LogP contribution in [0.5, 0.6) is 0 Å². The van der Waals surface area contributed by atoms with E-state index in [-0.39, 0.29) is 24.6 Å². The number of aromatic nitrogens is 1. The predicted molar refractivity (Wildman–Crippen MR) is 133 cm³/mol. The number of amides is 2. The molecule has 2 fully saturated rings. The Labute approximate surface area is 203 Å². The fourth-order valence-corrected chi connectivity index (χ4v) is 4.80. The number of nitrogens with one attached hydrogen (secondary N) is 2. The minimum absolute atomic E-state index is 0.0157. The van der Waals surface area contributed by atoms with Crippen molar-refractivity contribution >= 4 is 28.5 Å². The molecule has 0 radical (unpaired) electrons. The van der Waals surface area contributed by atoms with Crippen molar-refractivity contribution in [3.8, 4) is 11.3 Å². The van der Waals surface area contributed by atoms with Gasteiger partial charge in [-0.15, -0.1) is 11.3 Å². The van der Waals surface area contributed by atoms with E-state index in [4.69, 9.17) is 9.72 Å². The minimum atomic E-state index is -0.265. The number of likely N-dealkylation sites (tertiary alicyclic amines) is 1. The van der Waals surface area contributed by atoms with E-state index in [1.54, 1.807) is 0 Å². The lowest BCUT2D eigenvalue weighted by atomic mass is 10.1. The van der Waals surface area contributed by atoms with Crippen molar-refractivity contribution in [3.63, 3.8) is 0 Å². The van der Waals surface area contributed by atoms with E-state index in [9.17, 15) is 9.59 Å². The maximum absolute atomic E-state index is 12.6. The van der Waals surface area contributed by atoms with Gasteiger partial charge in [0.05, 0.1) is 11.7 Å². The summed E-state index contributed by atoms with van der Waals surface area (Å²) in [6.45, 7) is 1.63. The second-order valence-corrected chi connectivity index (χ2v) is 9.63. The number of nitrogens with zero attached hydrogens (tertiary/aromatic N) is 2. The number of thiazole rings is 1. The Kier molecular flexibility index (Phi) is 6.76. The molecule has 2 heterocycles. The SMILES string of the molecule is O=C(NC1CC1)c1ccc(-c2csc(NCC3CCCN3C(=O)OCc3ccccc3)n2)cc1. The lowest BCUT2D eigenvalue weighted by molar-refractivity contribution is 0.0933. The van der Waals surface area contributed by atoms with Gasteiger partial charge in [0.2, 0.25) is 0 Å². The van der Waals surface area contributed by atoms with Crippen LogP contribution in [0.2, 0.25) is 0 Å². The van der Waals surface area contributed by atoms with Crippen LogP contribution in [0.3, 0.4) is 0 Å². The van der Waals surface area contributed by atoms with Crippen LogP contribution in [0.15, 0.2) is 60.0 Å². The molecule has 176 valence electrons. The summed E-state index contributed by atoms with van der Waals surface area (Å²) in [6, 6.07) is 17.7. The molecule has 1 aliphatic heterocycles. The number of ether oxygens (including phenoxy) is 1. The molecule has 2 amide bonds. The molecule has 0 bridgehead atoms. The van der Waals surface area contributed by atoms with Crippen LogP contribution in [0, 0.1) is 0 Å². The molecule has 2 N–H and O–H groups in total. The first-order chi connectivity index (χ1) is 16.7. The van der Waals surface area contributed by atoms with E-state index >= 15 is 0 Å². The van der Waals surface area contributed by atoms with Gasteiger partial charge in [0, 0.05) is 35.6 Å². The van der Waals surface area contributed by atoms with Gasteiger partial charge in [0.1, 0.15) is 6.61 Å². The summed E-state index contributed by atoms with van der Waals surface area (Å²) in [7, 11) is 0. The van der Waals surface area contributed by atoms with Gasteiger partial charge in [-0.3, -0.25) is 4.79 Å². The second-order valence-electron chi connectivity index (χ2n) is 8.77. The highest BCUT2D eigenvalue weighted by Gasteiger charge is 2.30.